The van der Waals surface area contributed by atoms with Gasteiger partial charge in [-0.25, -0.2) is 5.43 Å². The lowest BCUT2D eigenvalue weighted by atomic mass is 9.89. The van der Waals surface area contributed by atoms with E-state index in [2.05, 4.69) is 39.9 Å². The molecule has 1 aromatic rings. The molecule has 9 heteroatoms. The van der Waals surface area contributed by atoms with Crippen LogP contribution in [0.15, 0.2) is 42.6 Å². The van der Waals surface area contributed by atoms with Crippen LogP contribution in [0.1, 0.15) is 45.6 Å². The van der Waals surface area contributed by atoms with E-state index in [4.69, 9.17) is 9.57 Å². The second-order valence-electron chi connectivity index (χ2n) is 9.04. The molecule has 0 bridgehead atoms. The van der Waals surface area contributed by atoms with Crippen molar-refractivity contribution in [3.63, 3.8) is 0 Å². The first-order valence-electron chi connectivity index (χ1n) is 12.2. The molecule has 0 aliphatic carbocycles. The molecule has 9 nitrogen and oxygen atoms in total. The van der Waals surface area contributed by atoms with E-state index in [0.29, 0.717) is 13.1 Å². The number of nitrogens with one attached hydrogen (secondary N) is 3. The fourth-order valence-electron chi connectivity index (χ4n) is 4.56. The number of hydrogen-bond acceptors (Lipinski definition) is 8. The van der Waals surface area contributed by atoms with Gasteiger partial charge in [0, 0.05) is 38.4 Å². The number of hydrazine groups is 1. The number of rotatable bonds is 11. The maximum Gasteiger partial charge on any atom is 0.324 e. The van der Waals surface area contributed by atoms with E-state index in [1.54, 1.807) is 6.92 Å². The Morgan fingerprint density at radius 3 is 2.59 bits per heavy atom. The highest BCUT2D eigenvalue weighted by Gasteiger charge is 2.47. The molecule has 0 aromatic heterocycles. The van der Waals surface area contributed by atoms with Crippen LogP contribution in [0.25, 0.3) is 0 Å². The molecule has 34 heavy (non-hydrogen) atoms. The average Bonchev–Trinajstić information content (AvgIpc) is 3.21. The van der Waals surface area contributed by atoms with Gasteiger partial charge in [0.2, 0.25) is 0 Å². The van der Waals surface area contributed by atoms with Gasteiger partial charge in [-0.1, -0.05) is 50.8 Å². The highest BCUT2D eigenvalue weighted by Crippen LogP contribution is 2.35. The van der Waals surface area contributed by atoms with Crippen molar-refractivity contribution in [3.05, 3.63) is 48.2 Å². The van der Waals surface area contributed by atoms with Crippen molar-refractivity contribution in [1.29, 1.82) is 0 Å². The molecule has 188 valence electrons. The Morgan fingerprint density at radius 1 is 1.21 bits per heavy atom. The largest absolute Gasteiger partial charge is 0.461 e. The van der Waals surface area contributed by atoms with Gasteiger partial charge in [-0.05, 0) is 31.7 Å². The summed E-state index contributed by atoms with van der Waals surface area (Å²) in [6.45, 7) is 13.4. The number of benzene rings is 1. The van der Waals surface area contributed by atoms with Crippen molar-refractivity contribution in [2.75, 3.05) is 32.8 Å². The molecular formula is C25H39N5O4. The average molecular weight is 474 g/mol. The summed E-state index contributed by atoms with van der Waals surface area (Å²) in [5.41, 5.74) is 7.17. The Balaban J connectivity index is 1.48. The molecule has 0 radical (unpaired) electrons. The van der Waals surface area contributed by atoms with Crippen molar-refractivity contribution in [3.8, 4) is 0 Å². The molecule has 1 amide bonds. The third-order valence-electron chi connectivity index (χ3n) is 6.80. The molecule has 3 N–H and O–H groups in total. The monoisotopic (exact) mass is 473 g/mol. The molecule has 2 saturated heterocycles. The molecule has 2 heterocycles. The lowest BCUT2D eigenvalue weighted by Gasteiger charge is -2.49. The van der Waals surface area contributed by atoms with Gasteiger partial charge in [0.05, 0.1) is 5.54 Å². The molecular weight excluding hydrogens is 434 g/mol. The summed E-state index contributed by atoms with van der Waals surface area (Å²) in [4.78, 5) is 34.6. The first-order chi connectivity index (χ1) is 16.4. The molecule has 3 rings (SSSR count). The molecule has 1 aromatic carbocycles. The number of nitrogens with zero attached hydrogens (tertiary/aromatic N) is 2. The van der Waals surface area contributed by atoms with Crippen LogP contribution in [0, 0.1) is 0 Å². The number of amides is 1. The summed E-state index contributed by atoms with van der Waals surface area (Å²) in [6, 6.07) is 9.77. The minimum absolute atomic E-state index is 0.0908. The zero-order chi connectivity index (χ0) is 24.6. The third-order valence-corrected chi connectivity index (χ3v) is 6.80. The van der Waals surface area contributed by atoms with Crippen molar-refractivity contribution >= 4 is 11.9 Å². The Labute approximate surface area is 202 Å². The SMILES string of the molecule is C=C1NCCC12CN(C(=O)CONNC(C)C(=O)OC(CC)CC)CCN2Cc1ccccc1. The van der Waals surface area contributed by atoms with E-state index < -0.39 is 6.04 Å². The van der Waals surface area contributed by atoms with Crippen LogP contribution in [0.4, 0.5) is 0 Å². The molecule has 2 aliphatic heterocycles. The van der Waals surface area contributed by atoms with E-state index in [1.165, 1.54) is 5.56 Å². The van der Waals surface area contributed by atoms with Gasteiger partial charge >= 0.3 is 5.97 Å². The second kappa shape index (κ2) is 12.3. The fourth-order valence-corrected chi connectivity index (χ4v) is 4.56. The van der Waals surface area contributed by atoms with Crippen LogP contribution < -0.4 is 16.3 Å². The molecule has 2 atom stereocenters. The Hall–Kier alpha value is -2.46. The standard InChI is InChI=1S/C25H39N5O4/c1-5-22(6-2)34-24(32)19(3)27-28-33-17-23(31)29-14-15-30(16-21-10-8-7-9-11-21)25(18-29)12-13-26-20(25)4/h7-11,19,22,26-28H,4-6,12-18H2,1-3H3. The Bertz CT molecular complexity index is 832. The van der Waals surface area contributed by atoms with E-state index in [1.807, 2.05) is 36.9 Å². The van der Waals surface area contributed by atoms with Gasteiger partial charge in [-0.2, -0.15) is 0 Å². The summed E-state index contributed by atoms with van der Waals surface area (Å²) in [5.74, 6) is -0.472. The lowest BCUT2D eigenvalue weighted by molar-refractivity contribution is -0.154. The predicted molar refractivity (Wildman–Crippen MR) is 130 cm³/mol. The molecule has 2 fully saturated rings. The summed E-state index contributed by atoms with van der Waals surface area (Å²) in [7, 11) is 0. The fraction of sp³-hybridized carbons (Fsp3) is 0.600. The molecule has 2 unspecified atom stereocenters. The van der Waals surface area contributed by atoms with E-state index in [-0.39, 0.29) is 30.1 Å². The van der Waals surface area contributed by atoms with Gasteiger partial charge in [-0.3, -0.25) is 19.3 Å². The number of carbonyl (C=O) groups is 2. The lowest BCUT2D eigenvalue weighted by Crippen LogP contribution is -2.63. The molecule has 0 saturated carbocycles. The first-order valence-corrected chi connectivity index (χ1v) is 12.2. The maximum absolute atomic E-state index is 12.9. The molecule has 2 aliphatic rings. The highest BCUT2D eigenvalue weighted by atomic mass is 16.7. The predicted octanol–water partition coefficient (Wildman–Crippen LogP) is 1.72. The van der Waals surface area contributed by atoms with Crippen LogP contribution in [0.5, 0.6) is 0 Å². The van der Waals surface area contributed by atoms with Crippen molar-refractivity contribution < 1.29 is 19.2 Å². The number of ether oxygens (including phenoxy) is 1. The van der Waals surface area contributed by atoms with Crippen LogP contribution in [0.3, 0.4) is 0 Å². The normalized spacial score (nSPS) is 21.6. The number of hydrogen-bond donors (Lipinski definition) is 3. The van der Waals surface area contributed by atoms with Crippen LogP contribution in [-0.2, 0) is 25.7 Å². The van der Waals surface area contributed by atoms with Gasteiger partial charge in [0.1, 0.15) is 18.8 Å². The van der Waals surface area contributed by atoms with Crippen molar-refractivity contribution in [1.82, 2.24) is 26.1 Å². The van der Waals surface area contributed by atoms with E-state index >= 15 is 0 Å². The first kappa shape index (κ1) is 26.2. The van der Waals surface area contributed by atoms with Crippen LogP contribution in [-0.4, -0.2) is 72.1 Å². The Morgan fingerprint density at radius 2 is 1.94 bits per heavy atom. The zero-order valence-electron chi connectivity index (χ0n) is 20.6. The topological polar surface area (TPSA) is 95.2 Å². The maximum atomic E-state index is 12.9. The van der Waals surface area contributed by atoms with Crippen LogP contribution in [0.2, 0.25) is 0 Å². The highest BCUT2D eigenvalue weighted by molar-refractivity contribution is 5.78. The summed E-state index contributed by atoms with van der Waals surface area (Å²) < 4.78 is 5.41. The quantitative estimate of drug-likeness (QED) is 0.254. The van der Waals surface area contributed by atoms with Crippen molar-refractivity contribution in [2.45, 2.75) is 64.3 Å². The van der Waals surface area contributed by atoms with E-state index in [9.17, 15) is 9.59 Å². The van der Waals surface area contributed by atoms with Gasteiger partial charge in [-0.15, -0.1) is 5.59 Å². The zero-order valence-corrected chi connectivity index (χ0v) is 20.6. The summed E-state index contributed by atoms with van der Waals surface area (Å²) in [5, 5.41) is 3.38. The van der Waals surface area contributed by atoms with Gasteiger partial charge in [0.25, 0.3) is 5.91 Å². The number of esters is 1. The van der Waals surface area contributed by atoms with Crippen LogP contribution >= 0.6 is 0 Å². The number of carbonyl (C=O) groups excluding carboxylic acids is 2. The minimum Gasteiger partial charge on any atom is -0.461 e. The third kappa shape index (κ3) is 6.35. The second-order valence-corrected chi connectivity index (χ2v) is 9.04. The minimum atomic E-state index is -0.603. The summed E-state index contributed by atoms with van der Waals surface area (Å²) in [6.07, 6.45) is 2.36. The van der Waals surface area contributed by atoms with E-state index in [0.717, 1.165) is 44.6 Å². The van der Waals surface area contributed by atoms with Gasteiger partial charge < -0.3 is 15.0 Å². The molecule has 1 spiro atoms. The number of piperazine rings is 1. The Kier molecular flexibility index (Phi) is 9.46. The van der Waals surface area contributed by atoms with Gasteiger partial charge in [0.15, 0.2) is 0 Å². The smallest absolute Gasteiger partial charge is 0.324 e. The summed E-state index contributed by atoms with van der Waals surface area (Å²) >= 11 is 0. The van der Waals surface area contributed by atoms with Crippen molar-refractivity contribution in [2.24, 2.45) is 0 Å².